The van der Waals surface area contributed by atoms with Crippen LogP contribution >= 0.6 is 0 Å². The third-order valence-corrected chi connectivity index (χ3v) is 9.13. The Balaban J connectivity index is 1.28. The molecule has 3 aromatic heterocycles. The number of benzene rings is 6. The van der Waals surface area contributed by atoms with Gasteiger partial charge in [-0.3, -0.25) is 4.98 Å². The largest absolute Gasteiger partial charge is 0.256 e. The van der Waals surface area contributed by atoms with E-state index in [4.69, 9.17) is 24.9 Å². The van der Waals surface area contributed by atoms with Crippen LogP contribution in [0.1, 0.15) is 0 Å². The molecule has 3 heterocycles. The van der Waals surface area contributed by atoms with Gasteiger partial charge in [0.2, 0.25) is 0 Å². The van der Waals surface area contributed by atoms with Crippen molar-refractivity contribution in [3.8, 4) is 78.9 Å². The lowest BCUT2D eigenvalue weighted by atomic mass is 9.99. The molecular formula is C47H31N5. The molecule has 9 aromatic rings. The third-order valence-electron chi connectivity index (χ3n) is 9.13. The van der Waals surface area contributed by atoms with Gasteiger partial charge >= 0.3 is 0 Å². The van der Waals surface area contributed by atoms with Gasteiger partial charge in [-0.05, 0) is 59.7 Å². The van der Waals surface area contributed by atoms with Crippen LogP contribution in [-0.4, -0.2) is 24.9 Å². The molecule has 0 aliphatic carbocycles. The highest BCUT2D eigenvalue weighted by molar-refractivity contribution is 5.96. The molecule has 9 rings (SSSR count). The highest BCUT2D eigenvalue weighted by atomic mass is 14.9. The van der Waals surface area contributed by atoms with E-state index in [0.29, 0.717) is 11.6 Å². The molecule has 0 N–H and O–H groups in total. The molecule has 5 heteroatoms. The van der Waals surface area contributed by atoms with Crippen molar-refractivity contribution in [1.29, 1.82) is 0 Å². The van der Waals surface area contributed by atoms with E-state index in [-0.39, 0.29) is 0 Å². The molecule has 0 fully saturated rings. The summed E-state index contributed by atoms with van der Waals surface area (Å²) in [6.45, 7) is 0. The van der Waals surface area contributed by atoms with Crippen LogP contribution in [0.3, 0.4) is 0 Å². The van der Waals surface area contributed by atoms with Crippen molar-refractivity contribution in [2.24, 2.45) is 0 Å². The molecule has 6 aromatic carbocycles. The first-order valence-corrected chi connectivity index (χ1v) is 17.2. The zero-order valence-electron chi connectivity index (χ0n) is 28.1. The maximum absolute atomic E-state index is 5.27. The summed E-state index contributed by atoms with van der Waals surface area (Å²) in [5, 5.41) is 0.988. The van der Waals surface area contributed by atoms with E-state index >= 15 is 0 Å². The van der Waals surface area contributed by atoms with E-state index in [9.17, 15) is 0 Å². The second kappa shape index (κ2) is 13.7. The first kappa shape index (κ1) is 30.9. The molecule has 5 nitrogen and oxygen atoms in total. The molecule has 0 aliphatic rings. The molecule has 0 amide bonds. The van der Waals surface area contributed by atoms with E-state index in [0.717, 1.165) is 78.2 Å². The Morgan fingerprint density at radius 1 is 0.288 bits per heavy atom. The van der Waals surface area contributed by atoms with E-state index < -0.39 is 0 Å². The first-order valence-electron chi connectivity index (χ1n) is 17.2. The van der Waals surface area contributed by atoms with Crippen LogP contribution in [0, 0.1) is 0 Å². The molecule has 244 valence electrons. The molecule has 0 unspecified atom stereocenters. The summed E-state index contributed by atoms with van der Waals surface area (Å²) in [6.07, 6.45) is 1.81. The Morgan fingerprint density at radius 2 is 0.808 bits per heavy atom. The Labute approximate surface area is 302 Å². The average molecular weight is 666 g/mol. The van der Waals surface area contributed by atoms with Crippen molar-refractivity contribution >= 4 is 10.9 Å². The maximum atomic E-state index is 5.27. The molecule has 0 spiro atoms. The lowest BCUT2D eigenvalue weighted by molar-refractivity contribution is 1.18. The zero-order chi connectivity index (χ0) is 34.7. The van der Waals surface area contributed by atoms with Gasteiger partial charge in [-0.1, -0.05) is 133 Å². The highest BCUT2D eigenvalue weighted by Gasteiger charge is 2.17. The van der Waals surface area contributed by atoms with Crippen LogP contribution in [0.2, 0.25) is 0 Å². The van der Waals surface area contributed by atoms with Crippen LogP contribution in [0.25, 0.3) is 89.8 Å². The highest BCUT2D eigenvalue weighted by Crippen LogP contribution is 2.36. The van der Waals surface area contributed by atoms with Crippen molar-refractivity contribution < 1.29 is 0 Å². The lowest BCUT2D eigenvalue weighted by Gasteiger charge is -2.14. The number of pyridine rings is 1. The summed E-state index contributed by atoms with van der Waals surface area (Å²) < 4.78 is 0. The van der Waals surface area contributed by atoms with Gasteiger partial charge in [0, 0.05) is 45.0 Å². The Bertz CT molecular complexity index is 2590. The zero-order valence-corrected chi connectivity index (χ0v) is 28.1. The monoisotopic (exact) mass is 665 g/mol. The van der Waals surface area contributed by atoms with Crippen LogP contribution in [0.5, 0.6) is 0 Å². The van der Waals surface area contributed by atoms with E-state index in [1.54, 1.807) is 0 Å². The molecule has 52 heavy (non-hydrogen) atoms. The van der Waals surface area contributed by atoms with Crippen LogP contribution in [-0.2, 0) is 0 Å². The third kappa shape index (κ3) is 6.23. The standard InChI is InChI=1S/C47H31N5/c1-5-15-32(16-6-1)36-24-25-40-44(30-36)51-47(52-45(40)35-21-11-4-12-22-35)39-28-37(41-23-13-14-26-48-41)27-38(29-39)46-49-42(33-17-7-2-8-18-33)31-43(50-46)34-19-9-3-10-20-34/h1-31H. The number of hydrogen-bond acceptors (Lipinski definition) is 5. The van der Waals surface area contributed by atoms with Crippen LogP contribution in [0.15, 0.2) is 188 Å². The quantitative estimate of drug-likeness (QED) is 0.169. The fourth-order valence-electron chi connectivity index (χ4n) is 6.54. The summed E-state index contributed by atoms with van der Waals surface area (Å²) in [5.41, 5.74) is 12.2. The average Bonchev–Trinajstić information content (AvgIpc) is 3.24. The molecule has 0 radical (unpaired) electrons. The molecule has 0 aliphatic heterocycles. The summed E-state index contributed by atoms with van der Waals surface area (Å²) in [6, 6.07) is 61.9. The summed E-state index contributed by atoms with van der Waals surface area (Å²) in [4.78, 5) is 25.6. The fraction of sp³-hybridized carbons (Fsp3) is 0. The predicted molar refractivity (Wildman–Crippen MR) is 211 cm³/mol. The van der Waals surface area contributed by atoms with Crippen molar-refractivity contribution in [3.05, 3.63) is 188 Å². The van der Waals surface area contributed by atoms with Crippen molar-refractivity contribution in [2.75, 3.05) is 0 Å². The van der Waals surface area contributed by atoms with E-state index in [2.05, 4.69) is 103 Å². The van der Waals surface area contributed by atoms with E-state index in [1.807, 2.05) is 85.1 Å². The van der Waals surface area contributed by atoms with Crippen molar-refractivity contribution in [2.45, 2.75) is 0 Å². The molecule has 0 atom stereocenters. The second-order valence-electron chi connectivity index (χ2n) is 12.6. The van der Waals surface area contributed by atoms with Crippen molar-refractivity contribution in [1.82, 2.24) is 24.9 Å². The predicted octanol–water partition coefficient (Wildman–Crippen LogP) is 11.5. The number of nitrogens with zero attached hydrogens (tertiary/aromatic N) is 5. The minimum Gasteiger partial charge on any atom is -0.256 e. The number of fused-ring (bicyclic) bond motifs is 1. The molecule has 0 saturated heterocycles. The van der Waals surface area contributed by atoms with Gasteiger partial charge < -0.3 is 0 Å². The summed E-state index contributed by atoms with van der Waals surface area (Å²) in [7, 11) is 0. The minimum absolute atomic E-state index is 0.606. The number of aromatic nitrogens is 5. The van der Waals surface area contributed by atoms with Crippen molar-refractivity contribution in [3.63, 3.8) is 0 Å². The van der Waals surface area contributed by atoms with Gasteiger partial charge in [0.05, 0.1) is 28.3 Å². The van der Waals surface area contributed by atoms with Gasteiger partial charge in [-0.25, -0.2) is 19.9 Å². The van der Waals surface area contributed by atoms with Gasteiger partial charge in [0.15, 0.2) is 11.6 Å². The molecule has 0 saturated carbocycles. The minimum atomic E-state index is 0.606. The second-order valence-corrected chi connectivity index (χ2v) is 12.6. The Hall–Kier alpha value is -7.11. The Kier molecular flexibility index (Phi) is 8.12. The first-order chi connectivity index (χ1) is 25.7. The smallest absolute Gasteiger partial charge is 0.160 e. The van der Waals surface area contributed by atoms with Crippen LogP contribution in [0.4, 0.5) is 0 Å². The SMILES string of the molecule is c1ccc(-c2ccc3c(-c4ccccc4)nc(-c4cc(-c5ccccn5)cc(-c5nc(-c6ccccc6)cc(-c6ccccc6)n5)c4)nc3c2)cc1. The molecular weight excluding hydrogens is 635 g/mol. The maximum Gasteiger partial charge on any atom is 0.160 e. The van der Waals surface area contributed by atoms with E-state index in [1.165, 1.54) is 0 Å². The Morgan fingerprint density at radius 3 is 1.38 bits per heavy atom. The fourth-order valence-corrected chi connectivity index (χ4v) is 6.54. The lowest BCUT2D eigenvalue weighted by Crippen LogP contribution is -1.99. The summed E-state index contributed by atoms with van der Waals surface area (Å²) >= 11 is 0. The van der Waals surface area contributed by atoms with Crippen LogP contribution < -0.4 is 0 Å². The van der Waals surface area contributed by atoms with Gasteiger partial charge in [0.25, 0.3) is 0 Å². The molecule has 0 bridgehead atoms. The number of hydrogen-bond donors (Lipinski definition) is 0. The van der Waals surface area contributed by atoms with Gasteiger partial charge in [0.1, 0.15) is 0 Å². The normalized spacial score (nSPS) is 11.1. The van der Waals surface area contributed by atoms with Gasteiger partial charge in [-0.15, -0.1) is 0 Å². The topological polar surface area (TPSA) is 64.5 Å². The van der Waals surface area contributed by atoms with Gasteiger partial charge in [-0.2, -0.15) is 0 Å². The summed E-state index contributed by atoms with van der Waals surface area (Å²) in [5.74, 6) is 1.22. The number of rotatable bonds is 7.